The molecule has 0 aromatic heterocycles. The lowest BCUT2D eigenvalue weighted by Gasteiger charge is -2.30. The topological polar surface area (TPSA) is 41.5 Å². The maximum atomic E-state index is 9.64. The first-order valence-electron chi connectivity index (χ1n) is 6.96. The number of ether oxygens (including phenoxy) is 1. The Morgan fingerprint density at radius 2 is 1.89 bits per heavy atom. The third-order valence-electron chi connectivity index (χ3n) is 3.86. The quantitative estimate of drug-likeness (QED) is 0.877. The van der Waals surface area contributed by atoms with Crippen LogP contribution in [0.3, 0.4) is 0 Å². The second-order valence-corrected chi connectivity index (χ2v) is 6.53. The van der Waals surface area contributed by atoms with Gasteiger partial charge >= 0.3 is 0 Å². The van der Waals surface area contributed by atoms with Gasteiger partial charge in [0.25, 0.3) is 0 Å². The van der Waals surface area contributed by atoms with Gasteiger partial charge in [0.05, 0.1) is 23.9 Å². The first-order valence-corrected chi connectivity index (χ1v) is 6.96. The van der Waals surface area contributed by atoms with Crippen molar-refractivity contribution in [3.8, 4) is 0 Å². The number of aliphatic hydroxyl groups is 1. The zero-order valence-corrected chi connectivity index (χ0v) is 12.3. The molecule has 1 heterocycles. The van der Waals surface area contributed by atoms with Crippen LogP contribution >= 0.6 is 0 Å². The Labute approximate surface area is 116 Å². The fourth-order valence-corrected chi connectivity index (χ4v) is 3.00. The van der Waals surface area contributed by atoms with Crippen LogP contribution in [0, 0.1) is 0 Å². The molecule has 0 saturated carbocycles. The summed E-state index contributed by atoms with van der Waals surface area (Å²) in [6.07, 6.45) is 0.948. The van der Waals surface area contributed by atoms with Crippen LogP contribution in [-0.2, 0) is 4.74 Å². The van der Waals surface area contributed by atoms with Crippen LogP contribution in [0.25, 0.3) is 0 Å². The summed E-state index contributed by atoms with van der Waals surface area (Å²) in [5.41, 5.74) is 0.786. The Morgan fingerprint density at radius 3 is 2.37 bits per heavy atom. The molecule has 0 spiro atoms. The smallest absolute Gasteiger partial charge is 0.0787 e. The molecule has 0 bridgehead atoms. The van der Waals surface area contributed by atoms with E-state index in [0.29, 0.717) is 0 Å². The monoisotopic (exact) mass is 263 g/mol. The summed E-state index contributed by atoms with van der Waals surface area (Å²) in [4.78, 5) is 0. The Bertz CT molecular complexity index is 414. The van der Waals surface area contributed by atoms with E-state index in [1.807, 2.05) is 30.3 Å². The zero-order chi connectivity index (χ0) is 14.1. The summed E-state index contributed by atoms with van der Waals surface area (Å²) in [6.45, 7) is 8.55. The molecule has 1 aliphatic heterocycles. The molecule has 1 saturated heterocycles. The van der Waals surface area contributed by atoms with Crippen molar-refractivity contribution in [3.63, 3.8) is 0 Å². The van der Waals surface area contributed by atoms with E-state index in [1.165, 1.54) is 0 Å². The zero-order valence-electron chi connectivity index (χ0n) is 12.3. The van der Waals surface area contributed by atoms with E-state index >= 15 is 0 Å². The lowest BCUT2D eigenvalue weighted by atomic mass is 9.93. The molecule has 1 unspecified atom stereocenters. The molecule has 1 aliphatic rings. The van der Waals surface area contributed by atoms with Gasteiger partial charge in [0, 0.05) is 6.04 Å². The van der Waals surface area contributed by atoms with Crippen molar-refractivity contribution < 1.29 is 9.84 Å². The summed E-state index contributed by atoms with van der Waals surface area (Å²) in [5, 5.41) is 13.2. The van der Waals surface area contributed by atoms with Gasteiger partial charge in [0.15, 0.2) is 0 Å². The summed E-state index contributed by atoms with van der Waals surface area (Å²) < 4.78 is 6.09. The van der Waals surface area contributed by atoms with E-state index in [9.17, 15) is 5.11 Å². The van der Waals surface area contributed by atoms with E-state index in [2.05, 4.69) is 33.0 Å². The molecule has 0 radical (unpaired) electrons. The summed E-state index contributed by atoms with van der Waals surface area (Å²) >= 11 is 0. The highest BCUT2D eigenvalue weighted by Gasteiger charge is 2.46. The van der Waals surface area contributed by atoms with Crippen molar-refractivity contribution in [2.45, 2.75) is 57.4 Å². The Balaban J connectivity index is 2.11. The molecular weight excluding hydrogens is 238 g/mol. The normalized spacial score (nSPS) is 26.3. The van der Waals surface area contributed by atoms with Gasteiger partial charge in [-0.3, -0.25) is 0 Å². The number of aliphatic hydroxyl groups excluding tert-OH is 1. The Morgan fingerprint density at radius 1 is 1.26 bits per heavy atom. The number of hydrogen-bond donors (Lipinski definition) is 2. The minimum atomic E-state index is -0.217. The molecule has 1 fully saturated rings. The molecule has 1 aromatic carbocycles. The van der Waals surface area contributed by atoms with Crippen LogP contribution in [0.5, 0.6) is 0 Å². The molecular formula is C16H25NO2. The highest BCUT2D eigenvalue weighted by atomic mass is 16.5. The second kappa shape index (κ2) is 5.23. The van der Waals surface area contributed by atoms with Crippen molar-refractivity contribution in [1.82, 2.24) is 5.32 Å². The van der Waals surface area contributed by atoms with E-state index in [0.717, 1.165) is 12.0 Å². The van der Waals surface area contributed by atoms with Crippen LogP contribution in [0.2, 0.25) is 0 Å². The average Bonchev–Trinajstić information content (AvgIpc) is 2.55. The molecule has 2 rings (SSSR count). The minimum absolute atomic E-state index is 0.0389. The van der Waals surface area contributed by atoms with Crippen molar-refractivity contribution in [3.05, 3.63) is 35.9 Å². The Kier molecular flexibility index (Phi) is 4.00. The largest absolute Gasteiger partial charge is 0.394 e. The molecule has 3 nitrogen and oxygen atoms in total. The third kappa shape index (κ3) is 3.35. The van der Waals surface area contributed by atoms with Crippen LogP contribution in [0.15, 0.2) is 30.3 Å². The molecule has 2 atom stereocenters. The number of benzene rings is 1. The van der Waals surface area contributed by atoms with E-state index in [4.69, 9.17) is 4.74 Å². The summed E-state index contributed by atoms with van der Waals surface area (Å²) in [5.74, 6) is 0. The van der Waals surface area contributed by atoms with Crippen LogP contribution in [0.1, 0.15) is 45.7 Å². The maximum Gasteiger partial charge on any atom is 0.0787 e. The molecule has 0 amide bonds. The van der Waals surface area contributed by atoms with Gasteiger partial charge in [0.2, 0.25) is 0 Å². The first kappa shape index (κ1) is 14.5. The molecule has 1 aromatic rings. The van der Waals surface area contributed by atoms with Crippen LogP contribution < -0.4 is 5.32 Å². The lowest BCUT2D eigenvalue weighted by Crippen LogP contribution is -2.45. The third-order valence-corrected chi connectivity index (χ3v) is 3.86. The van der Waals surface area contributed by atoms with Gasteiger partial charge in [-0.2, -0.15) is 0 Å². The van der Waals surface area contributed by atoms with Crippen molar-refractivity contribution in [1.29, 1.82) is 0 Å². The van der Waals surface area contributed by atoms with E-state index in [-0.39, 0.29) is 29.9 Å². The van der Waals surface area contributed by atoms with Crippen molar-refractivity contribution in [2.24, 2.45) is 0 Å². The van der Waals surface area contributed by atoms with Crippen LogP contribution in [-0.4, -0.2) is 29.0 Å². The summed E-state index contributed by atoms with van der Waals surface area (Å²) in [7, 11) is 0. The van der Waals surface area contributed by atoms with Gasteiger partial charge in [-0.1, -0.05) is 30.3 Å². The molecule has 106 valence electrons. The van der Waals surface area contributed by atoms with Gasteiger partial charge in [-0.25, -0.2) is 0 Å². The maximum absolute atomic E-state index is 9.64. The minimum Gasteiger partial charge on any atom is -0.394 e. The van der Waals surface area contributed by atoms with E-state index in [1.54, 1.807) is 0 Å². The molecule has 3 heteroatoms. The van der Waals surface area contributed by atoms with Gasteiger partial charge in [-0.05, 0) is 39.7 Å². The lowest BCUT2D eigenvalue weighted by molar-refractivity contribution is -0.0707. The van der Waals surface area contributed by atoms with Gasteiger partial charge in [0.1, 0.15) is 0 Å². The molecule has 19 heavy (non-hydrogen) atoms. The van der Waals surface area contributed by atoms with Gasteiger partial charge < -0.3 is 15.2 Å². The SMILES string of the molecule is CC1(C)CC(N[C@H](CO)c2ccccc2)C(C)(C)O1. The summed E-state index contributed by atoms with van der Waals surface area (Å²) in [6, 6.07) is 10.3. The fraction of sp³-hybridized carbons (Fsp3) is 0.625. The molecule has 0 aliphatic carbocycles. The highest BCUT2D eigenvalue weighted by Crippen LogP contribution is 2.38. The fourth-order valence-electron chi connectivity index (χ4n) is 3.00. The first-order chi connectivity index (χ1) is 8.84. The molecule has 2 N–H and O–H groups in total. The van der Waals surface area contributed by atoms with Crippen molar-refractivity contribution >= 4 is 0 Å². The average molecular weight is 263 g/mol. The predicted octanol–water partition coefficient (Wildman–Crippen LogP) is 2.66. The highest BCUT2D eigenvalue weighted by molar-refractivity contribution is 5.19. The standard InChI is InChI=1S/C16H25NO2/c1-15(2)10-14(16(3,4)19-15)17-13(11-18)12-8-6-5-7-9-12/h5-9,13-14,17-18H,10-11H2,1-4H3/t13-,14?/m1/s1. The van der Waals surface area contributed by atoms with Gasteiger partial charge in [-0.15, -0.1) is 0 Å². The number of nitrogens with one attached hydrogen (secondary N) is 1. The number of hydrogen-bond acceptors (Lipinski definition) is 3. The van der Waals surface area contributed by atoms with Crippen LogP contribution in [0.4, 0.5) is 0 Å². The van der Waals surface area contributed by atoms with Crippen molar-refractivity contribution in [2.75, 3.05) is 6.61 Å². The van der Waals surface area contributed by atoms with E-state index < -0.39 is 0 Å². The second-order valence-electron chi connectivity index (χ2n) is 6.53. The number of rotatable bonds is 4. The Hall–Kier alpha value is -0.900. The predicted molar refractivity (Wildman–Crippen MR) is 77.1 cm³/mol.